The molecule has 1 N–H and O–H groups in total. The van der Waals surface area contributed by atoms with Crippen LogP contribution in [0.4, 0.5) is 0 Å². The lowest BCUT2D eigenvalue weighted by atomic mass is 10.4. The predicted molar refractivity (Wildman–Crippen MR) is 51.7 cm³/mol. The van der Waals surface area contributed by atoms with Crippen LogP contribution in [0.15, 0.2) is 16.4 Å². The third-order valence-corrected chi connectivity index (χ3v) is 2.76. The largest absolute Gasteiger partial charge is 0.343 e. The summed E-state index contributed by atoms with van der Waals surface area (Å²) in [7, 11) is 0. The van der Waals surface area contributed by atoms with E-state index in [4.69, 9.17) is 0 Å². The Hall–Kier alpha value is -1.27. The van der Waals surface area contributed by atoms with Crippen LogP contribution >= 0.6 is 11.3 Å². The van der Waals surface area contributed by atoms with Crippen LogP contribution in [0.2, 0.25) is 0 Å². The number of aromatic nitrogens is 3. The summed E-state index contributed by atoms with van der Waals surface area (Å²) in [4.78, 5) is 9.31. The van der Waals surface area contributed by atoms with Gasteiger partial charge < -0.3 is 9.84 Å². The van der Waals surface area contributed by atoms with Gasteiger partial charge in [0.05, 0.1) is 17.7 Å². The first-order chi connectivity index (χ1) is 6.86. The van der Waals surface area contributed by atoms with Crippen LogP contribution < -0.4 is 5.32 Å². The maximum absolute atomic E-state index is 4.62. The van der Waals surface area contributed by atoms with Crippen molar-refractivity contribution in [3.63, 3.8) is 0 Å². The topological polar surface area (TPSA) is 63.8 Å². The third kappa shape index (κ3) is 2.15. The minimum Gasteiger partial charge on any atom is -0.343 e. The van der Waals surface area contributed by atoms with Crippen LogP contribution in [0.3, 0.4) is 0 Å². The quantitative estimate of drug-likeness (QED) is 0.819. The summed E-state index contributed by atoms with van der Waals surface area (Å²) in [6.07, 6.45) is 1.33. The zero-order chi connectivity index (χ0) is 9.80. The molecule has 2 heterocycles. The monoisotopic (exact) mass is 210 g/mol. The van der Waals surface area contributed by atoms with Crippen LogP contribution in [-0.2, 0) is 13.1 Å². The highest BCUT2D eigenvalue weighted by atomic mass is 32.1. The van der Waals surface area contributed by atoms with Gasteiger partial charge in [-0.25, -0.2) is 4.98 Å². The second-order valence-electron chi connectivity index (χ2n) is 2.81. The standard InChI is InChI=1S/C8H10N4OS/c1-6-7(14-5-11-6)2-9-3-8-10-4-13-12-8/h4-5,9H,2-3H2,1H3. The van der Waals surface area contributed by atoms with Crippen molar-refractivity contribution in [2.24, 2.45) is 0 Å². The molecule has 74 valence electrons. The molecule has 0 aliphatic carbocycles. The molecule has 0 amide bonds. The highest BCUT2D eigenvalue weighted by Gasteiger charge is 2.01. The molecule has 0 atom stereocenters. The fraction of sp³-hybridized carbons (Fsp3) is 0.375. The number of rotatable bonds is 4. The van der Waals surface area contributed by atoms with E-state index in [1.165, 1.54) is 11.3 Å². The number of nitrogens with one attached hydrogen (secondary N) is 1. The first kappa shape index (κ1) is 9.29. The third-order valence-electron chi connectivity index (χ3n) is 1.82. The number of hydrogen-bond acceptors (Lipinski definition) is 6. The lowest BCUT2D eigenvalue weighted by molar-refractivity contribution is 0.407. The van der Waals surface area contributed by atoms with Crippen molar-refractivity contribution in [1.82, 2.24) is 20.4 Å². The molecule has 0 fully saturated rings. The average Bonchev–Trinajstić information content (AvgIpc) is 2.78. The molecule has 0 aliphatic heterocycles. The van der Waals surface area contributed by atoms with Crippen molar-refractivity contribution in [2.75, 3.05) is 0 Å². The van der Waals surface area contributed by atoms with E-state index < -0.39 is 0 Å². The highest BCUT2D eigenvalue weighted by molar-refractivity contribution is 7.09. The van der Waals surface area contributed by atoms with Crippen molar-refractivity contribution >= 4 is 11.3 Å². The molecule has 0 radical (unpaired) electrons. The molecule has 2 rings (SSSR count). The van der Waals surface area contributed by atoms with E-state index in [1.54, 1.807) is 11.3 Å². The molecule has 0 saturated heterocycles. The Labute approximate surface area is 85.2 Å². The van der Waals surface area contributed by atoms with Crippen LogP contribution in [0.5, 0.6) is 0 Å². The Bertz CT molecular complexity index is 384. The van der Waals surface area contributed by atoms with E-state index in [0.29, 0.717) is 12.4 Å². The SMILES string of the molecule is Cc1ncsc1CNCc1ncon1. The summed E-state index contributed by atoms with van der Waals surface area (Å²) >= 11 is 1.65. The molecule has 0 spiro atoms. The maximum atomic E-state index is 4.62. The summed E-state index contributed by atoms with van der Waals surface area (Å²) in [6, 6.07) is 0. The first-order valence-corrected chi connectivity index (χ1v) is 5.09. The maximum Gasteiger partial charge on any atom is 0.213 e. The number of nitrogens with zero attached hydrogens (tertiary/aromatic N) is 3. The molecule has 0 bridgehead atoms. The van der Waals surface area contributed by atoms with Crippen molar-refractivity contribution in [3.8, 4) is 0 Å². The van der Waals surface area contributed by atoms with E-state index in [0.717, 1.165) is 12.2 Å². The van der Waals surface area contributed by atoms with Gasteiger partial charge in [0, 0.05) is 11.4 Å². The smallest absolute Gasteiger partial charge is 0.213 e. The summed E-state index contributed by atoms with van der Waals surface area (Å²) in [5.74, 6) is 0.673. The fourth-order valence-corrected chi connectivity index (χ4v) is 1.80. The first-order valence-electron chi connectivity index (χ1n) is 4.21. The molecule has 6 heteroatoms. The van der Waals surface area contributed by atoms with Gasteiger partial charge >= 0.3 is 0 Å². The number of thiazole rings is 1. The van der Waals surface area contributed by atoms with Crippen LogP contribution in [-0.4, -0.2) is 15.1 Å². The van der Waals surface area contributed by atoms with Gasteiger partial charge in [0.1, 0.15) is 0 Å². The molecular formula is C8H10N4OS. The normalized spacial score (nSPS) is 10.6. The second-order valence-corrected chi connectivity index (χ2v) is 3.75. The molecule has 0 unspecified atom stereocenters. The average molecular weight is 210 g/mol. The second kappa shape index (κ2) is 4.30. The van der Waals surface area contributed by atoms with Crippen molar-refractivity contribution in [2.45, 2.75) is 20.0 Å². The summed E-state index contributed by atoms with van der Waals surface area (Å²) in [5.41, 5.74) is 2.93. The minimum atomic E-state index is 0.619. The molecule has 5 nitrogen and oxygen atoms in total. The van der Waals surface area contributed by atoms with E-state index in [-0.39, 0.29) is 0 Å². The Kier molecular flexibility index (Phi) is 2.85. The van der Waals surface area contributed by atoms with Gasteiger partial charge in [-0.1, -0.05) is 5.16 Å². The van der Waals surface area contributed by atoms with Gasteiger partial charge in [0.2, 0.25) is 6.39 Å². The van der Waals surface area contributed by atoms with Gasteiger partial charge in [0.25, 0.3) is 0 Å². The molecule has 0 saturated carbocycles. The van der Waals surface area contributed by atoms with Gasteiger partial charge in [-0.2, -0.15) is 4.98 Å². The van der Waals surface area contributed by atoms with Crippen LogP contribution in [0.1, 0.15) is 16.4 Å². The molecule has 14 heavy (non-hydrogen) atoms. The predicted octanol–water partition coefficient (Wildman–Crippen LogP) is 1.12. The van der Waals surface area contributed by atoms with Gasteiger partial charge in [0.15, 0.2) is 5.82 Å². The zero-order valence-corrected chi connectivity index (χ0v) is 8.54. The lowest BCUT2D eigenvalue weighted by Gasteiger charge is -1.99. The van der Waals surface area contributed by atoms with Crippen molar-refractivity contribution in [3.05, 3.63) is 28.3 Å². The highest BCUT2D eigenvalue weighted by Crippen LogP contribution is 2.11. The van der Waals surface area contributed by atoms with Crippen molar-refractivity contribution in [1.29, 1.82) is 0 Å². The van der Waals surface area contributed by atoms with Crippen LogP contribution in [0, 0.1) is 6.92 Å². The molecule has 0 aromatic carbocycles. The molecule has 0 aliphatic rings. The zero-order valence-electron chi connectivity index (χ0n) is 7.73. The van der Waals surface area contributed by atoms with E-state index in [1.807, 2.05) is 12.4 Å². The lowest BCUT2D eigenvalue weighted by Crippen LogP contribution is -2.13. The van der Waals surface area contributed by atoms with E-state index in [2.05, 4.69) is 25.0 Å². The number of aryl methyl sites for hydroxylation is 1. The number of hydrogen-bond donors (Lipinski definition) is 1. The summed E-state index contributed by atoms with van der Waals surface area (Å²) < 4.78 is 4.62. The van der Waals surface area contributed by atoms with Gasteiger partial charge in [-0.3, -0.25) is 0 Å². The Morgan fingerprint density at radius 1 is 1.43 bits per heavy atom. The molecule has 2 aromatic heterocycles. The Morgan fingerprint density at radius 3 is 3.00 bits per heavy atom. The summed E-state index contributed by atoms with van der Waals surface area (Å²) in [5, 5.41) is 6.91. The van der Waals surface area contributed by atoms with Crippen LogP contribution in [0.25, 0.3) is 0 Å². The van der Waals surface area contributed by atoms with Crippen molar-refractivity contribution < 1.29 is 4.52 Å². The van der Waals surface area contributed by atoms with Gasteiger partial charge in [-0.05, 0) is 6.92 Å². The summed E-state index contributed by atoms with van der Waals surface area (Å²) in [6.45, 7) is 3.42. The molecule has 2 aromatic rings. The van der Waals surface area contributed by atoms with E-state index in [9.17, 15) is 0 Å². The fourth-order valence-electron chi connectivity index (χ4n) is 1.05. The minimum absolute atomic E-state index is 0.619. The van der Waals surface area contributed by atoms with Gasteiger partial charge in [-0.15, -0.1) is 11.3 Å². The van der Waals surface area contributed by atoms with E-state index >= 15 is 0 Å². The Balaban J connectivity index is 1.81. The molecular weight excluding hydrogens is 200 g/mol. The Morgan fingerprint density at radius 2 is 2.36 bits per heavy atom.